The summed E-state index contributed by atoms with van der Waals surface area (Å²) in [4.78, 5) is 12.8. The molecule has 1 aliphatic heterocycles. The molecule has 1 fully saturated rings. The second-order valence-corrected chi connectivity index (χ2v) is 9.86. The first-order chi connectivity index (χ1) is 15.3. The molecule has 1 aliphatic rings. The van der Waals surface area contributed by atoms with Crippen LogP contribution in [0.1, 0.15) is 37.8 Å². The van der Waals surface area contributed by atoms with E-state index in [-0.39, 0.29) is 18.4 Å². The molecular formula is C24H33N3O4S. The summed E-state index contributed by atoms with van der Waals surface area (Å²) in [6.45, 7) is 7.63. The first-order valence-electron chi connectivity index (χ1n) is 11.2. The zero-order valence-corrected chi connectivity index (χ0v) is 19.9. The van der Waals surface area contributed by atoms with Crippen molar-refractivity contribution in [2.75, 3.05) is 30.5 Å². The molecule has 1 heterocycles. The summed E-state index contributed by atoms with van der Waals surface area (Å²) < 4.78 is 35.1. The van der Waals surface area contributed by atoms with E-state index in [0.29, 0.717) is 50.5 Å². The molecule has 0 bridgehead atoms. The predicted octanol–water partition coefficient (Wildman–Crippen LogP) is 3.49. The Morgan fingerprint density at radius 1 is 1.19 bits per heavy atom. The number of carbonyl (C=O) groups is 1. The van der Waals surface area contributed by atoms with Gasteiger partial charge in [-0.15, -0.1) is 0 Å². The molecule has 0 radical (unpaired) electrons. The van der Waals surface area contributed by atoms with Crippen molar-refractivity contribution in [2.45, 2.75) is 40.2 Å². The molecule has 2 aromatic rings. The Morgan fingerprint density at radius 3 is 2.59 bits per heavy atom. The minimum Gasteiger partial charge on any atom is -0.494 e. The Balaban J connectivity index is 1.67. The third kappa shape index (κ3) is 5.81. The zero-order chi connectivity index (χ0) is 23.1. The number of aryl methyl sites for hydroxylation is 1. The van der Waals surface area contributed by atoms with E-state index >= 15 is 0 Å². The minimum atomic E-state index is -3.75. The van der Waals surface area contributed by atoms with Crippen LogP contribution in [0.3, 0.4) is 0 Å². The van der Waals surface area contributed by atoms with Gasteiger partial charge in [0.2, 0.25) is 5.91 Å². The van der Waals surface area contributed by atoms with Crippen molar-refractivity contribution in [3.63, 3.8) is 0 Å². The Hall–Kier alpha value is -2.58. The van der Waals surface area contributed by atoms with E-state index in [1.54, 1.807) is 24.3 Å². The summed E-state index contributed by atoms with van der Waals surface area (Å²) in [5.41, 5.74) is 2.76. The number of ether oxygens (including phenoxy) is 1. The lowest BCUT2D eigenvalue weighted by molar-refractivity contribution is -0.126. The second kappa shape index (κ2) is 10.8. The van der Waals surface area contributed by atoms with E-state index in [4.69, 9.17) is 4.74 Å². The van der Waals surface area contributed by atoms with Crippen LogP contribution in [0.25, 0.3) is 0 Å². The van der Waals surface area contributed by atoms with Crippen molar-refractivity contribution in [3.05, 3.63) is 59.7 Å². The molecule has 3 rings (SSSR count). The Labute approximate surface area is 191 Å². The first kappa shape index (κ1) is 24.1. The van der Waals surface area contributed by atoms with Crippen LogP contribution in [-0.2, 0) is 21.5 Å². The van der Waals surface area contributed by atoms with E-state index in [2.05, 4.69) is 5.32 Å². The number of anilines is 1. The van der Waals surface area contributed by atoms with Crippen LogP contribution in [0.2, 0.25) is 0 Å². The molecule has 0 spiro atoms. The average Bonchev–Trinajstić information content (AvgIpc) is 2.79. The maximum absolute atomic E-state index is 13.4. The summed E-state index contributed by atoms with van der Waals surface area (Å²) in [6.07, 6.45) is 1.34. The highest BCUT2D eigenvalue weighted by Gasteiger charge is 2.35. The van der Waals surface area contributed by atoms with Gasteiger partial charge in [0.25, 0.3) is 0 Å². The third-order valence-electron chi connectivity index (χ3n) is 5.63. The van der Waals surface area contributed by atoms with Crippen molar-refractivity contribution in [1.29, 1.82) is 0 Å². The monoisotopic (exact) mass is 459 g/mol. The Kier molecular flexibility index (Phi) is 8.15. The van der Waals surface area contributed by atoms with Gasteiger partial charge in [-0.3, -0.25) is 9.10 Å². The lowest BCUT2D eigenvalue weighted by atomic mass is 9.98. The number of benzene rings is 2. The number of carbonyl (C=O) groups excluding carboxylic acids is 1. The van der Waals surface area contributed by atoms with Crippen LogP contribution in [0, 0.1) is 12.8 Å². The van der Waals surface area contributed by atoms with Crippen LogP contribution in [0.5, 0.6) is 5.75 Å². The topological polar surface area (TPSA) is 79.0 Å². The largest absolute Gasteiger partial charge is 0.494 e. The van der Waals surface area contributed by atoms with Crippen molar-refractivity contribution < 1.29 is 17.9 Å². The maximum Gasteiger partial charge on any atom is 0.304 e. The van der Waals surface area contributed by atoms with Crippen LogP contribution >= 0.6 is 0 Å². The van der Waals surface area contributed by atoms with Gasteiger partial charge in [-0.2, -0.15) is 12.7 Å². The number of nitrogens with zero attached hydrogens (tertiary/aromatic N) is 2. The van der Waals surface area contributed by atoms with Crippen LogP contribution in [-0.4, -0.2) is 44.9 Å². The van der Waals surface area contributed by atoms with E-state index in [0.717, 1.165) is 11.1 Å². The Morgan fingerprint density at radius 2 is 1.94 bits per heavy atom. The fourth-order valence-corrected chi connectivity index (χ4v) is 5.74. The predicted molar refractivity (Wildman–Crippen MR) is 127 cm³/mol. The molecule has 32 heavy (non-hydrogen) atoms. The number of hydrogen-bond acceptors (Lipinski definition) is 4. The quantitative estimate of drug-likeness (QED) is 0.623. The molecule has 174 valence electrons. The normalized spacial score (nSPS) is 17.0. The number of amides is 1. The summed E-state index contributed by atoms with van der Waals surface area (Å²) >= 11 is 0. The number of piperidine rings is 1. The first-order valence-corrected chi connectivity index (χ1v) is 12.6. The Bertz CT molecular complexity index is 1010. The average molecular weight is 460 g/mol. The number of rotatable bonds is 9. The third-order valence-corrected chi connectivity index (χ3v) is 7.64. The molecule has 1 N–H and O–H groups in total. The van der Waals surface area contributed by atoms with Crippen molar-refractivity contribution in [2.24, 2.45) is 5.92 Å². The van der Waals surface area contributed by atoms with E-state index in [9.17, 15) is 13.2 Å². The van der Waals surface area contributed by atoms with Gasteiger partial charge in [0.05, 0.1) is 18.2 Å². The fraction of sp³-hybridized carbons (Fsp3) is 0.458. The summed E-state index contributed by atoms with van der Waals surface area (Å²) in [6, 6.07) is 15.0. The van der Waals surface area contributed by atoms with Crippen molar-refractivity contribution in [3.8, 4) is 5.75 Å². The van der Waals surface area contributed by atoms with E-state index in [1.807, 2.05) is 45.0 Å². The highest BCUT2D eigenvalue weighted by molar-refractivity contribution is 7.90. The summed E-state index contributed by atoms with van der Waals surface area (Å²) in [7, 11) is -3.75. The maximum atomic E-state index is 13.4. The van der Waals surface area contributed by atoms with Crippen LogP contribution < -0.4 is 14.4 Å². The molecule has 7 nitrogen and oxygen atoms in total. The summed E-state index contributed by atoms with van der Waals surface area (Å²) in [5.74, 6) is 0.242. The molecule has 1 unspecified atom stereocenters. The molecule has 8 heteroatoms. The van der Waals surface area contributed by atoms with Gasteiger partial charge in [-0.25, -0.2) is 0 Å². The molecule has 1 amide bonds. The molecule has 1 atom stereocenters. The van der Waals surface area contributed by atoms with Gasteiger partial charge in [0, 0.05) is 26.2 Å². The second-order valence-electron chi connectivity index (χ2n) is 8.00. The van der Waals surface area contributed by atoms with Crippen LogP contribution in [0.15, 0.2) is 48.5 Å². The molecular weight excluding hydrogens is 426 g/mol. The van der Waals surface area contributed by atoms with Crippen molar-refractivity contribution >= 4 is 21.8 Å². The van der Waals surface area contributed by atoms with Gasteiger partial charge in [-0.1, -0.05) is 29.8 Å². The van der Waals surface area contributed by atoms with Gasteiger partial charge in [0.1, 0.15) is 5.75 Å². The standard InChI is InChI=1S/C24H33N3O4S/c1-4-27(22-11-13-23(14-12-22)31-5-2)32(29,30)26-15-7-10-21(18-26)24(28)25-17-20-9-6-8-19(3)16-20/h6,8-9,11-14,16,21H,4-5,7,10,15,17-18H2,1-3H3,(H,25,28). The number of hydrogen-bond donors (Lipinski definition) is 1. The molecule has 0 saturated carbocycles. The minimum absolute atomic E-state index is 0.101. The lowest BCUT2D eigenvalue weighted by Gasteiger charge is -2.35. The zero-order valence-electron chi connectivity index (χ0n) is 19.1. The number of nitrogens with one attached hydrogen (secondary N) is 1. The SMILES string of the molecule is CCOc1ccc(N(CC)S(=O)(=O)N2CCCC(C(=O)NCc3cccc(C)c3)C2)cc1. The van der Waals surface area contributed by atoms with Gasteiger partial charge in [-0.05, 0) is 63.4 Å². The molecule has 2 aromatic carbocycles. The molecule has 1 saturated heterocycles. The van der Waals surface area contributed by atoms with Gasteiger partial charge < -0.3 is 10.1 Å². The highest BCUT2D eigenvalue weighted by atomic mass is 32.2. The summed E-state index contributed by atoms with van der Waals surface area (Å²) in [5, 5.41) is 2.97. The van der Waals surface area contributed by atoms with E-state index < -0.39 is 10.2 Å². The molecule has 0 aromatic heterocycles. The van der Waals surface area contributed by atoms with Gasteiger partial charge in [0.15, 0.2) is 0 Å². The molecule has 0 aliphatic carbocycles. The van der Waals surface area contributed by atoms with Gasteiger partial charge >= 0.3 is 10.2 Å². The van der Waals surface area contributed by atoms with Crippen molar-refractivity contribution in [1.82, 2.24) is 9.62 Å². The lowest BCUT2D eigenvalue weighted by Crippen LogP contribution is -2.50. The highest BCUT2D eigenvalue weighted by Crippen LogP contribution is 2.27. The van der Waals surface area contributed by atoms with Crippen LogP contribution in [0.4, 0.5) is 5.69 Å². The smallest absolute Gasteiger partial charge is 0.304 e. The fourth-order valence-electron chi connectivity index (χ4n) is 4.02. The van der Waals surface area contributed by atoms with E-state index in [1.165, 1.54) is 8.61 Å².